The molecule has 0 aliphatic carbocycles. The zero-order valence-corrected chi connectivity index (χ0v) is 14.9. The molecule has 1 aromatic carbocycles. The molecule has 0 unspecified atom stereocenters. The van der Waals surface area contributed by atoms with Crippen molar-refractivity contribution in [1.29, 1.82) is 0 Å². The highest BCUT2D eigenvalue weighted by Crippen LogP contribution is 2.17. The average Bonchev–Trinajstić information content (AvgIpc) is 2.61. The number of hydrogen-bond acceptors (Lipinski definition) is 3. The molecule has 1 fully saturated rings. The van der Waals surface area contributed by atoms with Crippen LogP contribution in [0.1, 0.15) is 18.4 Å². The largest absolute Gasteiger partial charge is 0.383 e. The summed E-state index contributed by atoms with van der Waals surface area (Å²) in [6, 6.07) is 3.68. The second kappa shape index (κ2) is 9.68. The number of ether oxygens (including phenoxy) is 1. The molecule has 140 valence electrons. The summed E-state index contributed by atoms with van der Waals surface area (Å²) < 4.78 is 31.9. The van der Waals surface area contributed by atoms with Crippen LogP contribution in [-0.2, 0) is 11.3 Å². The fraction of sp³-hybridized carbons (Fsp3) is 0.611. The van der Waals surface area contributed by atoms with E-state index in [1.165, 1.54) is 12.1 Å². The number of urea groups is 1. The van der Waals surface area contributed by atoms with E-state index >= 15 is 0 Å². The summed E-state index contributed by atoms with van der Waals surface area (Å²) in [4.78, 5) is 16.2. The summed E-state index contributed by atoms with van der Waals surface area (Å²) in [6.45, 7) is 4.23. The molecular formula is C18H27F2N3O2. The highest BCUT2D eigenvalue weighted by molar-refractivity contribution is 5.73. The maximum Gasteiger partial charge on any atom is 0.317 e. The maximum absolute atomic E-state index is 13.6. The molecule has 1 aromatic rings. The van der Waals surface area contributed by atoms with Gasteiger partial charge in [-0.25, -0.2) is 13.6 Å². The van der Waals surface area contributed by atoms with Crippen molar-refractivity contribution >= 4 is 6.03 Å². The molecule has 2 amide bonds. The Hall–Kier alpha value is -1.73. The first-order valence-electron chi connectivity index (χ1n) is 8.64. The highest BCUT2D eigenvalue weighted by Gasteiger charge is 2.22. The second-order valence-electron chi connectivity index (χ2n) is 6.55. The van der Waals surface area contributed by atoms with Crippen molar-refractivity contribution in [3.63, 3.8) is 0 Å². The molecule has 0 spiro atoms. The molecule has 25 heavy (non-hydrogen) atoms. The Morgan fingerprint density at radius 3 is 3.00 bits per heavy atom. The van der Waals surface area contributed by atoms with E-state index in [4.69, 9.17) is 4.74 Å². The molecule has 1 heterocycles. The molecule has 7 heteroatoms. The Morgan fingerprint density at radius 1 is 1.44 bits per heavy atom. The molecule has 5 nitrogen and oxygen atoms in total. The van der Waals surface area contributed by atoms with Crippen LogP contribution in [0, 0.1) is 17.6 Å². The number of nitrogens with zero attached hydrogens (tertiary/aromatic N) is 2. The number of carbonyl (C=O) groups excluding carboxylic acids is 1. The molecule has 0 aromatic heterocycles. The number of benzene rings is 1. The monoisotopic (exact) mass is 355 g/mol. The molecule has 1 N–H and O–H groups in total. The normalized spacial score (nSPS) is 18.2. The van der Waals surface area contributed by atoms with Crippen molar-refractivity contribution < 1.29 is 18.3 Å². The Morgan fingerprint density at radius 2 is 2.24 bits per heavy atom. The number of carbonyl (C=O) groups is 1. The number of rotatable bonds is 7. The van der Waals surface area contributed by atoms with E-state index in [2.05, 4.69) is 10.2 Å². The van der Waals surface area contributed by atoms with Crippen molar-refractivity contribution in [2.45, 2.75) is 19.4 Å². The third-order valence-corrected chi connectivity index (χ3v) is 4.56. The van der Waals surface area contributed by atoms with E-state index < -0.39 is 11.6 Å². The van der Waals surface area contributed by atoms with Gasteiger partial charge in [0.05, 0.1) is 6.61 Å². The first-order valence-corrected chi connectivity index (χ1v) is 8.64. The number of halogens is 2. The van der Waals surface area contributed by atoms with E-state index in [-0.39, 0.29) is 18.1 Å². The predicted molar refractivity (Wildman–Crippen MR) is 92.3 cm³/mol. The lowest BCUT2D eigenvalue weighted by atomic mass is 9.97. The third-order valence-electron chi connectivity index (χ3n) is 4.56. The highest BCUT2D eigenvalue weighted by atomic mass is 19.2. The van der Waals surface area contributed by atoms with Crippen molar-refractivity contribution in [2.24, 2.45) is 5.92 Å². The van der Waals surface area contributed by atoms with Crippen LogP contribution in [0.25, 0.3) is 0 Å². The van der Waals surface area contributed by atoms with Gasteiger partial charge >= 0.3 is 6.03 Å². The number of amides is 2. The lowest BCUT2D eigenvalue weighted by molar-refractivity contribution is 0.105. The summed E-state index contributed by atoms with van der Waals surface area (Å²) in [5, 5.41) is 2.65. The second-order valence-corrected chi connectivity index (χ2v) is 6.55. The first-order chi connectivity index (χ1) is 12.0. The van der Waals surface area contributed by atoms with Crippen molar-refractivity contribution in [3.8, 4) is 0 Å². The molecule has 0 radical (unpaired) electrons. The van der Waals surface area contributed by atoms with Gasteiger partial charge in [0.2, 0.25) is 0 Å². The number of piperidine rings is 1. The van der Waals surface area contributed by atoms with Gasteiger partial charge in [-0.05, 0) is 31.4 Å². The summed E-state index contributed by atoms with van der Waals surface area (Å²) in [5.74, 6) is -1.41. The fourth-order valence-corrected chi connectivity index (χ4v) is 3.18. The SMILES string of the molecule is COCCN1CCC[C@H](CN(C)C(=O)NCc2cccc(F)c2F)C1. The van der Waals surface area contributed by atoms with Gasteiger partial charge in [0.1, 0.15) is 0 Å². The van der Waals surface area contributed by atoms with Crippen LogP contribution in [0.15, 0.2) is 18.2 Å². The summed E-state index contributed by atoms with van der Waals surface area (Å²) >= 11 is 0. The fourth-order valence-electron chi connectivity index (χ4n) is 3.18. The zero-order valence-electron chi connectivity index (χ0n) is 14.9. The number of methoxy groups -OCH3 is 1. The van der Waals surface area contributed by atoms with Crippen LogP contribution in [0.2, 0.25) is 0 Å². The standard InChI is InChI=1S/C18H27F2N3O2/c1-22(12-14-5-4-8-23(13-14)9-10-25-2)18(24)21-11-15-6-3-7-16(19)17(15)20/h3,6-7,14H,4-5,8-13H2,1-2H3,(H,21,24)/t14-/m1/s1. The van der Waals surface area contributed by atoms with E-state index in [0.717, 1.165) is 38.5 Å². The summed E-state index contributed by atoms with van der Waals surface area (Å²) in [7, 11) is 3.42. The Balaban J connectivity index is 1.78. The van der Waals surface area contributed by atoms with Crippen molar-refractivity contribution in [2.75, 3.05) is 46.9 Å². The smallest absolute Gasteiger partial charge is 0.317 e. The first kappa shape index (κ1) is 19.6. The minimum atomic E-state index is -0.911. The number of nitrogens with one attached hydrogen (secondary N) is 1. The van der Waals surface area contributed by atoms with Gasteiger partial charge in [0, 0.05) is 45.9 Å². The van der Waals surface area contributed by atoms with E-state index in [9.17, 15) is 13.6 Å². The van der Waals surface area contributed by atoms with Crippen LogP contribution < -0.4 is 5.32 Å². The topological polar surface area (TPSA) is 44.8 Å². The molecule has 1 aliphatic heterocycles. The van der Waals surface area contributed by atoms with E-state index in [1.54, 1.807) is 19.1 Å². The van der Waals surface area contributed by atoms with Gasteiger partial charge in [0.25, 0.3) is 0 Å². The van der Waals surface area contributed by atoms with Gasteiger partial charge < -0.3 is 19.9 Å². The molecule has 1 atom stereocenters. The summed E-state index contributed by atoms with van der Waals surface area (Å²) in [6.07, 6.45) is 2.19. The number of hydrogen-bond donors (Lipinski definition) is 1. The lowest BCUT2D eigenvalue weighted by Gasteiger charge is -2.34. The molecule has 2 rings (SSSR count). The molecular weight excluding hydrogens is 328 g/mol. The van der Waals surface area contributed by atoms with E-state index in [0.29, 0.717) is 19.1 Å². The Bertz CT molecular complexity index is 571. The van der Waals surface area contributed by atoms with Gasteiger partial charge in [-0.15, -0.1) is 0 Å². The molecule has 0 saturated carbocycles. The van der Waals surface area contributed by atoms with Crippen LogP contribution in [0.3, 0.4) is 0 Å². The molecule has 1 aliphatic rings. The zero-order chi connectivity index (χ0) is 18.2. The van der Waals surface area contributed by atoms with E-state index in [1.807, 2.05) is 0 Å². The number of likely N-dealkylation sites (tertiary alicyclic amines) is 1. The minimum Gasteiger partial charge on any atom is -0.383 e. The van der Waals surface area contributed by atoms with Gasteiger partial charge in [0.15, 0.2) is 11.6 Å². The Labute approximate surface area is 147 Å². The average molecular weight is 355 g/mol. The summed E-state index contributed by atoms with van der Waals surface area (Å²) in [5.41, 5.74) is 0.144. The third kappa shape index (κ3) is 5.93. The maximum atomic E-state index is 13.6. The van der Waals surface area contributed by atoms with Crippen LogP contribution in [0.5, 0.6) is 0 Å². The van der Waals surface area contributed by atoms with Crippen molar-refractivity contribution in [1.82, 2.24) is 15.1 Å². The van der Waals surface area contributed by atoms with Gasteiger partial charge in [-0.2, -0.15) is 0 Å². The van der Waals surface area contributed by atoms with Crippen LogP contribution in [-0.4, -0.2) is 62.8 Å². The van der Waals surface area contributed by atoms with Gasteiger partial charge in [-0.1, -0.05) is 12.1 Å². The molecule has 0 bridgehead atoms. The quantitative estimate of drug-likeness (QED) is 0.817. The molecule has 1 saturated heterocycles. The van der Waals surface area contributed by atoms with Crippen molar-refractivity contribution in [3.05, 3.63) is 35.4 Å². The van der Waals surface area contributed by atoms with Crippen LogP contribution in [0.4, 0.5) is 13.6 Å². The Kier molecular flexibility index (Phi) is 7.58. The van der Waals surface area contributed by atoms with Gasteiger partial charge in [-0.3, -0.25) is 0 Å². The minimum absolute atomic E-state index is 0.0304. The predicted octanol–water partition coefficient (Wildman–Crippen LogP) is 2.46. The lowest BCUT2D eigenvalue weighted by Crippen LogP contribution is -2.45. The van der Waals surface area contributed by atoms with Crippen LogP contribution >= 0.6 is 0 Å².